The molecule has 18 heavy (non-hydrogen) atoms. The maximum absolute atomic E-state index is 14.4. The minimum Gasteiger partial charge on any atom is -0.368 e. The van der Waals surface area contributed by atoms with Gasteiger partial charge >= 0.3 is 0 Å². The second-order valence-electron chi connectivity index (χ2n) is 4.27. The molecule has 0 bridgehead atoms. The maximum Gasteiger partial charge on any atom is 0.152 e. The van der Waals surface area contributed by atoms with E-state index in [-0.39, 0.29) is 5.82 Å². The molecule has 0 radical (unpaired) electrons. The summed E-state index contributed by atoms with van der Waals surface area (Å²) < 4.78 is 19.6. The zero-order valence-electron chi connectivity index (χ0n) is 10.6. The fraction of sp³-hybridized carbons (Fsp3) is 0.538. The van der Waals surface area contributed by atoms with E-state index in [0.29, 0.717) is 17.9 Å². The number of hydrogen-bond donors (Lipinski definition) is 1. The zero-order valence-corrected chi connectivity index (χ0v) is 11.4. The minimum absolute atomic E-state index is 0.145. The van der Waals surface area contributed by atoms with E-state index in [4.69, 9.17) is 4.18 Å². The van der Waals surface area contributed by atoms with Crippen molar-refractivity contribution in [3.63, 3.8) is 0 Å². The van der Waals surface area contributed by atoms with Crippen molar-refractivity contribution >= 4 is 17.7 Å². The van der Waals surface area contributed by atoms with Gasteiger partial charge < -0.3 is 14.4 Å². The highest BCUT2D eigenvalue weighted by Gasteiger charge is 2.15. The molecule has 0 aliphatic carbocycles. The predicted octanol–water partition coefficient (Wildman–Crippen LogP) is 2.42. The Morgan fingerprint density at radius 2 is 2.28 bits per heavy atom. The van der Waals surface area contributed by atoms with Crippen LogP contribution in [0.1, 0.15) is 12.0 Å². The number of anilines is 1. The lowest BCUT2D eigenvalue weighted by Crippen LogP contribution is -2.28. The molecule has 0 atom stereocenters. The Balaban J connectivity index is 2.15. The molecule has 1 aliphatic heterocycles. The largest absolute Gasteiger partial charge is 0.368 e. The van der Waals surface area contributed by atoms with Gasteiger partial charge in [0.25, 0.3) is 0 Å². The topological polar surface area (TPSA) is 24.5 Å². The lowest BCUT2D eigenvalue weighted by Gasteiger charge is -2.23. The molecule has 0 spiro atoms. The molecule has 1 aromatic carbocycles. The Hall–Kier alpha value is -0.780. The molecular formula is C13H19FN2OS. The molecule has 0 unspecified atom stereocenters. The van der Waals surface area contributed by atoms with Crippen LogP contribution in [0.5, 0.6) is 0 Å². The molecule has 5 heteroatoms. The summed E-state index contributed by atoms with van der Waals surface area (Å²) in [5.74, 6) is -0.145. The molecular weight excluding hydrogens is 251 g/mol. The first-order valence-corrected chi connectivity index (χ1v) is 7.36. The van der Waals surface area contributed by atoms with Crippen LogP contribution in [0.3, 0.4) is 0 Å². The lowest BCUT2D eigenvalue weighted by molar-refractivity contribution is 0.356. The third-order valence-corrected chi connectivity index (χ3v) is 3.42. The molecule has 2 rings (SSSR count). The normalized spacial score (nSPS) is 16.7. The summed E-state index contributed by atoms with van der Waals surface area (Å²) in [6, 6.07) is 5.53. The monoisotopic (exact) mass is 270 g/mol. The average Bonchev–Trinajstić information content (AvgIpc) is 2.66. The van der Waals surface area contributed by atoms with Gasteiger partial charge in [-0.05, 0) is 31.1 Å². The second kappa shape index (κ2) is 6.97. The molecule has 1 N–H and O–H groups in total. The third-order valence-electron chi connectivity index (χ3n) is 3.07. The van der Waals surface area contributed by atoms with Gasteiger partial charge in [0.15, 0.2) is 5.82 Å². The van der Waals surface area contributed by atoms with E-state index < -0.39 is 0 Å². The lowest BCUT2D eigenvalue weighted by atomic mass is 10.1. The minimum atomic E-state index is -0.145. The molecule has 1 fully saturated rings. The van der Waals surface area contributed by atoms with Gasteiger partial charge in [0, 0.05) is 31.5 Å². The molecule has 1 heterocycles. The number of nitrogens with one attached hydrogen (secondary N) is 1. The van der Waals surface area contributed by atoms with Crippen LogP contribution in [-0.4, -0.2) is 32.4 Å². The molecule has 0 aromatic heterocycles. The van der Waals surface area contributed by atoms with E-state index in [0.717, 1.165) is 32.6 Å². The zero-order chi connectivity index (χ0) is 12.8. The first-order chi connectivity index (χ1) is 8.83. The van der Waals surface area contributed by atoms with Crippen molar-refractivity contribution in [2.45, 2.75) is 13.0 Å². The molecule has 1 saturated heterocycles. The summed E-state index contributed by atoms with van der Waals surface area (Å²) in [7, 11) is 0. The highest BCUT2D eigenvalue weighted by molar-refractivity contribution is 7.93. The number of nitrogens with zero attached hydrogens (tertiary/aromatic N) is 1. The van der Waals surface area contributed by atoms with E-state index in [2.05, 4.69) is 10.2 Å². The fourth-order valence-corrected chi connectivity index (χ4v) is 2.38. The molecule has 100 valence electrons. The Morgan fingerprint density at radius 3 is 3.11 bits per heavy atom. The molecule has 1 aliphatic rings. The second-order valence-corrected chi connectivity index (χ2v) is 4.84. The van der Waals surface area contributed by atoms with Crippen molar-refractivity contribution in [2.24, 2.45) is 0 Å². The van der Waals surface area contributed by atoms with E-state index in [1.54, 1.807) is 6.07 Å². The standard InChI is InChI=1S/C13H19FN2OS/c1-18-17-10-11-4-2-5-12(13(11)14)16-8-3-6-15-7-9-16/h2,4-5,15H,3,6-10H2,1H3. The van der Waals surface area contributed by atoms with Gasteiger partial charge in [0.2, 0.25) is 0 Å². The molecule has 0 saturated carbocycles. The number of rotatable bonds is 4. The van der Waals surface area contributed by atoms with Crippen molar-refractivity contribution in [1.29, 1.82) is 0 Å². The van der Waals surface area contributed by atoms with E-state index >= 15 is 0 Å². The summed E-state index contributed by atoms with van der Waals surface area (Å²) >= 11 is 1.26. The Kier molecular flexibility index (Phi) is 5.28. The summed E-state index contributed by atoms with van der Waals surface area (Å²) in [5.41, 5.74) is 1.32. The van der Waals surface area contributed by atoms with Gasteiger partial charge in [0.1, 0.15) is 0 Å². The number of benzene rings is 1. The third kappa shape index (κ3) is 3.37. The summed E-state index contributed by atoms with van der Waals surface area (Å²) in [6.45, 7) is 3.98. The predicted molar refractivity (Wildman–Crippen MR) is 74.4 cm³/mol. The van der Waals surface area contributed by atoms with Crippen LogP contribution in [0, 0.1) is 5.82 Å². The van der Waals surface area contributed by atoms with Crippen molar-refractivity contribution in [3.8, 4) is 0 Å². The van der Waals surface area contributed by atoms with Crippen molar-refractivity contribution in [3.05, 3.63) is 29.6 Å². The van der Waals surface area contributed by atoms with Gasteiger partial charge in [-0.25, -0.2) is 4.39 Å². The average molecular weight is 270 g/mol. The smallest absolute Gasteiger partial charge is 0.152 e. The van der Waals surface area contributed by atoms with Crippen LogP contribution in [0.15, 0.2) is 18.2 Å². The highest BCUT2D eigenvalue weighted by atomic mass is 32.2. The summed E-state index contributed by atoms with van der Waals surface area (Å²) in [6.07, 6.45) is 2.88. The Bertz CT molecular complexity index is 381. The van der Waals surface area contributed by atoms with E-state index in [1.165, 1.54) is 12.0 Å². The first-order valence-electron chi connectivity index (χ1n) is 6.21. The number of hydrogen-bond acceptors (Lipinski definition) is 4. The summed E-state index contributed by atoms with van der Waals surface area (Å²) in [4.78, 5) is 2.11. The van der Waals surface area contributed by atoms with Crippen LogP contribution in [0.2, 0.25) is 0 Å². The van der Waals surface area contributed by atoms with Gasteiger partial charge in [-0.15, -0.1) is 0 Å². The Labute approximate surface area is 112 Å². The van der Waals surface area contributed by atoms with Crippen LogP contribution in [-0.2, 0) is 10.8 Å². The molecule has 1 aromatic rings. The van der Waals surface area contributed by atoms with E-state index in [9.17, 15) is 4.39 Å². The molecule has 3 nitrogen and oxygen atoms in total. The first kappa shape index (κ1) is 13.6. The van der Waals surface area contributed by atoms with E-state index in [1.807, 2.05) is 18.4 Å². The van der Waals surface area contributed by atoms with Gasteiger partial charge in [0.05, 0.1) is 12.3 Å². The van der Waals surface area contributed by atoms with Crippen LogP contribution in [0.4, 0.5) is 10.1 Å². The maximum atomic E-state index is 14.4. The van der Waals surface area contributed by atoms with Gasteiger partial charge in [-0.2, -0.15) is 0 Å². The number of halogens is 1. The SMILES string of the molecule is CSOCc1cccc(N2CCCNCC2)c1F. The van der Waals surface area contributed by atoms with Crippen LogP contribution < -0.4 is 10.2 Å². The van der Waals surface area contributed by atoms with Gasteiger partial charge in [-0.1, -0.05) is 12.1 Å². The Morgan fingerprint density at radius 1 is 1.39 bits per heavy atom. The molecule has 0 amide bonds. The van der Waals surface area contributed by atoms with Gasteiger partial charge in [-0.3, -0.25) is 0 Å². The van der Waals surface area contributed by atoms with Crippen LogP contribution >= 0.6 is 12.0 Å². The highest BCUT2D eigenvalue weighted by Crippen LogP contribution is 2.24. The quantitative estimate of drug-likeness (QED) is 0.849. The fourth-order valence-electron chi connectivity index (χ4n) is 2.13. The van der Waals surface area contributed by atoms with Crippen LogP contribution in [0.25, 0.3) is 0 Å². The van der Waals surface area contributed by atoms with Crippen molar-refractivity contribution in [2.75, 3.05) is 37.3 Å². The van der Waals surface area contributed by atoms with Crippen molar-refractivity contribution < 1.29 is 8.57 Å². The summed E-state index contributed by atoms with van der Waals surface area (Å²) in [5, 5.41) is 3.32. The van der Waals surface area contributed by atoms with Crippen molar-refractivity contribution in [1.82, 2.24) is 5.32 Å².